The molecule has 1 atom stereocenters. The number of carbonyl (C=O) groups is 2. The fourth-order valence-corrected chi connectivity index (χ4v) is 8.09. The number of carboxylic acid groups (broad SMARTS) is 1. The molecule has 1 aliphatic carbocycles. The Balaban J connectivity index is 1.21. The molecule has 4 heterocycles. The lowest BCUT2D eigenvalue weighted by molar-refractivity contribution is -0.139. The zero-order valence-corrected chi connectivity index (χ0v) is 22.5. The van der Waals surface area contributed by atoms with Crippen LogP contribution >= 0.6 is 34.0 Å². The summed E-state index contributed by atoms with van der Waals surface area (Å²) in [6.07, 6.45) is 2.26. The Morgan fingerprint density at radius 1 is 1.03 bits per heavy atom. The van der Waals surface area contributed by atoms with Crippen molar-refractivity contribution in [3.05, 3.63) is 71.2 Å². The largest absolute Gasteiger partial charge is 0.481 e. The van der Waals surface area contributed by atoms with E-state index in [2.05, 4.69) is 22.5 Å². The van der Waals surface area contributed by atoms with E-state index in [-0.39, 0.29) is 6.10 Å². The van der Waals surface area contributed by atoms with Gasteiger partial charge in [0, 0.05) is 36.0 Å². The van der Waals surface area contributed by atoms with E-state index in [9.17, 15) is 14.7 Å². The third-order valence-electron chi connectivity index (χ3n) is 6.66. The molecule has 7 nitrogen and oxygen atoms in total. The van der Waals surface area contributed by atoms with Crippen molar-refractivity contribution in [2.45, 2.75) is 31.3 Å². The van der Waals surface area contributed by atoms with Crippen LogP contribution in [0.5, 0.6) is 0 Å². The Bertz CT molecular complexity index is 1590. The van der Waals surface area contributed by atoms with Gasteiger partial charge in [-0.25, -0.2) is 4.79 Å². The topological polar surface area (TPSA) is 93.4 Å². The number of hydrogen-bond acceptors (Lipinski definition) is 7. The highest BCUT2D eigenvalue weighted by Gasteiger charge is 2.52. The van der Waals surface area contributed by atoms with Crippen LogP contribution in [0.1, 0.15) is 36.3 Å². The lowest BCUT2D eigenvalue weighted by atomic mass is 10.1. The van der Waals surface area contributed by atoms with Crippen molar-refractivity contribution in [3.8, 4) is 20.2 Å². The SMILES string of the molecule is C[C@@H](OC(=O)Nc1c(-c2cc3sc(-c4ccc(C5(C(=O)O)CC5)s4)cc3s2)cnn1C)c1ccccc1. The van der Waals surface area contributed by atoms with Crippen molar-refractivity contribution in [1.82, 2.24) is 9.78 Å². The molecule has 5 aromatic rings. The second kappa shape index (κ2) is 9.13. The van der Waals surface area contributed by atoms with Crippen molar-refractivity contribution in [3.63, 3.8) is 0 Å². The first-order chi connectivity index (χ1) is 17.8. The smallest absolute Gasteiger partial charge is 0.413 e. The Morgan fingerprint density at radius 2 is 1.73 bits per heavy atom. The predicted octanol–water partition coefficient (Wildman–Crippen LogP) is 7.52. The summed E-state index contributed by atoms with van der Waals surface area (Å²) >= 11 is 4.90. The number of aliphatic carboxylic acids is 1. The van der Waals surface area contributed by atoms with Gasteiger partial charge in [-0.1, -0.05) is 30.3 Å². The van der Waals surface area contributed by atoms with Crippen LogP contribution in [0.4, 0.5) is 10.6 Å². The summed E-state index contributed by atoms with van der Waals surface area (Å²) in [6, 6.07) is 17.9. The maximum absolute atomic E-state index is 12.7. The number of benzene rings is 1. The Kier molecular flexibility index (Phi) is 5.89. The fraction of sp³-hybridized carbons (Fsp3) is 0.222. The number of hydrogen-bond donors (Lipinski definition) is 2. The second-order valence-electron chi connectivity index (χ2n) is 9.11. The Hall–Kier alpha value is -3.47. The third-order valence-corrected chi connectivity index (χ3v) is 10.5. The Labute approximate surface area is 225 Å². The number of aromatic nitrogens is 2. The van der Waals surface area contributed by atoms with Crippen LogP contribution in [-0.2, 0) is 22.0 Å². The van der Waals surface area contributed by atoms with Crippen LogP contribution in [0.3, 0.4) is 0 Å². The van der Waals surface area contributed by atoms with E-state index in [1.807, 2.05) is 49.4 Å². The van der Waals surface area contributed by atoms with Crippen LogP contribution in [0, 0.1) is 0 Å². The number of rotatable bonds is 7. The van der Waals surface area contributed by atoms with Gasteiger partial charge in [0.25, 0.3) is 0 Å². The molecule has 0 aliphatic heterocycles. The summed E-state index contributed by atoms with van der Waals surface area (Å²) in [4.78, 5) is 28.5. The number of ether oxygens (including phenoxy) is 1. The van der Waals surface area contributed by atoms with Crippen molar-refractivity contribution < 1.29 is 19.4 Å². The number of thiophene rings is 3. The zero-order valence-electron chi connectivity index (χ0n) is 20.1. The van der Waals surface area contributed by atoms with E-state index in [1.54, 1.807) is 51.9 Å². The van der Waals surface area contributed by atoms with Crippen LogP contribution in [0.15, 0.2) is 60.8 Å². The normalized spacial score (nSPS) is 15.0. The summed E-state index contributed by atoms with van der Waals surface area (Å²) in [5.41, 5.74) is 1.08. The lowest BCUT2D eigenvalue weighted by Crippen LogP contribution is -2.18. The van der Waals surface area contributed by atoms with Gasteiger partial charge in [0.1, 0.15) is 17.3 Å². The highest BCUT2D eigenvalue weighted by atomic mass is 32.1. The summed E-state index contributed by atoms with van der Waals surface area (Å²) in [5, 5.41) is 16.8. The molecule has 0 spiro atoms. The van der Waals surface area contributed by atoms with Gasteiger partial charge in [0.15, 0.2) is 0 Å². The number of fused-ring (bicyclic) bond motifs is 1. The molecule has 1 amide bonds. The second-order valence-corrected chi connectivity index (χ2v) is 12.4. The summed E-state index contributed by atoms with van der Waals surface area (Å²) < 4.78 is 9.50. The van der Waals surface area contributed by atoms with Crippen LogP contribution in [-0.4, -0.2) is 26.9 Å². The molecular weight excluding hydrogens is 527 g/mol. The van der Waals surface area contributed by atoms with Crippen molar-refractivity contribution in [2.75, 3.05) is 5.32 Å². The van der Waals surface area contributed by atoms with Crippen LogP contribution in [0.2, 0.25) is 0 Å². The van der Waals surface area contributed by atoms with Crippen LogP contribution in [0.25, 0.3) is 29.6 Å². The molecule has 1 fully saturated rings. The number of nitrogens with one attached hydrogen (secondary N) is 1. The predicted molar refractivity (Wildman–Crippen MR) is 149 cm³/mol. The number of anilines is 1. The van der Waals surface area contributed by atoms with Gasteiger partial charge < -0.3 is 9.84 Å². The molecule has 0 saturated heterocycles. The van der Waals surface area contributed by atoms with E-state index in [0.29, 0.717) is 18.7 Å². The molecule has 10 heteroatoms. The average Bonchev–Trinajstić information content (AvgIpc) is 3.19. The van der Waals surface area contributed by atoms with Gasteiger partial charge in [0.2, 0.25) is 0 Å². The van der Waals surface area contributed by atoms with Gasteiger partial charge >= 0.3 is 12.1 Å². The highest BCUT2D eigenvalue weighted by molar-refractivity contribution is 7.32. The molecule has 1 aromatic carbocycles. The number of aryl methyl sites for hydroxylation is 1. The van der Waals surface area contributed by atoms with Crippen LogP contribution < -0.4 is 5.32 Å². The molecule has 2 N–H and O–H groups in total. The zero-order chi connectivity index (χ0) is 25.7. The minimum atomic E-state index is -0.725. The standard InChI is InChI=1S/C27H23N3O4S3/c1-15(16-6-4-3-5-7-16)34-26(33)29-24-17(14-28-30(24)2)19-12-21-22(35-19)13-20(36-21)18-8-9-23(37-18)27(10-11-27)25(31)32/h3-9,12-15H,10-11H2,1-2H3,(H,29,33)(H,31,32)/t15-/m1/s1. The van der Waals surface area contributed by atoms with Gasteiger partial charge in [0.05, 0.1) is 11.8 Å². The molecule has 1 aliphatic rings. The summed E-state index contributed by atoms with van der Waals surface area (Å²) in [6.45, 7) is 1.84. The van der Waals surface area contributed by atoms with E-state index >= 15 is 0 Å². The number of carboxylic acids is 1. The first-order valence-corrected chi connectivity index (χ1v) is 14.2. The molecule has 6 rings (SSSR count). The van der Waals surface area contributed by atoms with Crippen molar-refractivity contribution >= 4 is 61.3 Å². The van der Waals surface area contributed by atoms with Gasteiger partial charge in [-0.15, -0.1) is 34.0 Å². The quantitative estimate of drug-likeness (QED) is 0.219. The van der Waals surface area contributed by atoms with Gasteiger partial charge in [-0.05, 0) is 49.6 Å². The minimum absolute atomic E-state index is 0.383. The average molecular weight is 550 g/mol. The van der Waals surface area contributed by atoms with E-state index in [0.717, 1.165) is 40.0 Å². The Morgan fingerprint density at radius 3 is 2.43 bits per heavy atom. The summed E-state index contributed by atoms with van der Waals surface area (Å²) in [5.74, 6) is -0.150. The van der Waals surface area contributed by atoms with Crippen molar-refractivity contribution in [1.29, 1.82) is 0 Å². The molecule has 188 valence electrons. The maximum atomic E-state index is 12.7. The third kappa shape index (κ3) is 4.35. The molecule has 37 heavy (non-hydrogen) atoms. The molecule has 0 radical (unpaired) electrons. The molecule has 4 aromatic heterocycles. The molecule has 1 saturated carbocycles. The van der Waals surface area contributed by atoms with E-state index in [1.165, 1.54) is 0 Å². The summed E-state index contributed by atoms with van der Waals surface area (Å²) in [7, 11) is 1.78. The molecular formula is C27H23N3O4S3. The first-order valence-electron chi connectivity index (χ1n) is 11.8. The monoisotopic (exact) mass is 549 g/mol. The van der Waals surface area contributed by atoms with Gasteiger partial charge in [-0.3, -0.25) is 14.8 Å². The fourth-order valence-electron chi connectivity index (χ4n) is 4.35. The first kappa shape index (κ1) is 23.9. The maximum Gasteiger partial charge on any atom is 0.413 e. The molecule has 0 unspecified atom stereocenters. The molecule has 0 bridgehead atoms. The number of carbonyl (C=O) groups excluding carboxylic acids is 1. The number of amides is 1. The minimum Gasteiger partial charge on any atom is -0.481 e. The van der Waals surface area contributed by atoms with Crippen molar-refractivity contribution in [2.24, 2.45) is 7.05 Å². The number of nitrogens with zero attached hydrogens (tertiary/aromatic N) is 2. The lowest BCUT2D eigenvalue weighted by Gasteiger charge is -2.14. The van der Waals surface area contributed by atoms with Gasteiger partial charge in [-0.2, -0.15) is 5.10 Å². The highest BCUT2D eigenvalue weighted by Crippen LogP contribution is 2.53. The van der Waals surface area contributed by atoms with E-state index < -0.39 is 17.5 Å². The van der Waals surface area contributed by atoms with E-state index in [4.69, 9.17) is 4.74 Å².